The van der Waals surface area contributed by atoms with Gasteiger partial charge in [-0.1, -0.05) is 18.3 Å². The van der Waals surface area contributed by atoms with E-state index in [1.807, 2.05) is 18.3 Å². The number of aromatic amines is 1. The van der Waals surface area contributed by atoms with Crippen LogP contribution < -0.4 is 5.32 Å². The summed E-state index contributed by atoms with van der Waals surface area (Å²) in [5.74, 6) is 0.381. The SMILES string of the molecule is N#CC1CNCC1c1ccc(=S)[nH]c1. The summed E-state index contributed by atoms with van der Waals surface area (Å²) in [6, 6.07) is 6.20. The number of H-pyrrole nitrogens is 1. The third-order valence-electron chi connectivity index (χ3n) is 2.62. The van der Waals surface area contributed by atoms with Crippen LogP contribution in [0.25, 0.3) is 0 Å². The van der Waals surface area contributed by atoms with Crippen molar-refractivity contribution < 1.29 is 0 Å². The first-order chi connectivity index (χ1) is 6.81. The van der Waals surface area contributed by atoms with E-state index in [0.29, 0.717) is 5.92 Å². The summed E-state index contributed by atoms with van der Waals surface area (Å²) in [5.41, 5.74) is 1.16. The molecule has 4 heteroatoms. The minimum absolute atomic E-state index is 0.0828. The molecule has 2 unspecified atom stereocenters. The standard InChI is InChI=1S/C10H11N3S/c11-3-8-4-12-6-9(8)7-1-2-10(14)13-5-7/h1-2,5,8-9,12H,4,6H2,(H,13,14). The van der Waals surface area contributed by atoms with E-state index in [1.54, 1.807) is 0 Å². The maximum absolute atomic E-state index is 8.93. The molecule has 1 aromatic rings. The van der Waals surface area contributed by atoms with E-state index in [1.165, 1.54) is 0 Å². The fourth-order valence-electron chi connectivity index (χ4n) is 1.82. The van der Waals surface area contributed by atoms with Crippen LogP contribution in [0.15, 0.2) is 18.3 Å². The van der Waals surface area contributed by atoms with Crippen molar-refractivity contribution in [3.8, 4) is 6.07 Å². The predicted molar refractivity (Wildman–Crippen MR) is 56.3 cm³/mol. The second kappa shape index (κ2) is 3.91. The van der Waals surface area contributed by atoms with Crippen molar-refractivity contribution in [1.29, 1.82) is 5.26 Å². The second-order valence-electron chi connectivity index (χ2n) is 3.49. The van der Waals surface area contributed by atoms with E-state index in [2.05, 4.69) is 16.4 Å². The van der Waals surface area contributed by atoms with Crippen molar-refractivity contribution in [3.63, 3.8) is 0 Å². The van der Waals surface area contributed by atoms with Gasteiger partial charge < -0.3 is 10.3 Å². The summed E-state index contributed by atoms with van der Waals surface area (Å²) in [5, 5.41) is 12.2. The quantitative estimate of drug-likeness (QED) is 0.684. The molecule has 2 N–H and O–H groups in total. The van der Waals surface area contributed by atoms with Gasteiger partial charge in [0.1, 0.15) is 4.64 Å². The second-order valence-corrected chi connectivity index (χ2v) is 3.93. The highest BCUT2D eigenvalue weighted by molar-refractivity contribution is 7.71. The van der Waals surface area contributed by atoms with Gasteiger partial charge >= 0.3 is 0 Å². The van der Waals surface area contributed by atoms with Crippen molar-refractivity contribution in [2.45, 2.75) is 5.92 Å². The van der Waals surface area contributed by atoms with Gasteiger partial charge in [0.2, 0.25) is 0 Å². The van der Waals surface area contributed by atoms with Crippen LogP contribution in [-0.2, 0) is 0 Å². The first kappa shape index (κ1) is 9.38. The van der Waals surface area contributed by atoms with Crippen LogP contribution in [-0.4, -0.2) is 18.1 Å². The van der Waals surface area contributed by atoms with Crippen molar-refractivity contribution in [3.05, 3.63) is 28.5 Å². The third kappa shape index (κ3) is 1.69. The Hall–Kier alpha value is -1.18. The average Bonchev–Trinajstić information content (AvgIpc) is 2.67. The smallest absolute Gasteiger partial charge is 0.103 e. The third-order valence-corrected chi connectivity index (χ3v) is 2.87. The van der Waals surface area contributed by atoms with Gasteiger partial charge in [0.25, 0.3) is 0 Å². The van der Waals surface area contributed by atoms with E-state index in [4.69, 9.17) is 17.5 Å². The van der Waals surface area contributed by atoms with Crippen molar-refractivity contribution in [2.75, 3.05) is 13.1 Å². The molecule has 0 spiro atoms. The van der Waals surface area contributed by atoms with Gasteiger partial charge in [-0.05, 0) is 11.6 Å². The molecule has 14 heavy (non-hydrogen) atoms. The molecule has 1 aliphatic rings. The number of nitriles is 1. The highest BCUT2D eigenvalue weighted by Crippen LogP contribution is 2.26. The number of nitrogens with zero attached hydrogens (tertiary/aromatic N) is 1. The summed E-state index contributed by atoms with van der Waals surface area (Å²) < 4.78 is 0.730. The fourth-order valence-corrected chi connectivity index (χ4v) is 1.94. The summed E-state index contributed by atoms with van der Waals surface area (Å²) in [6.07, 6.45) is 1.91. The van der Waals surface area contributed by atoms with E-state index in [-0.39, 0.29) is 5.92 Å². The fraction of sp³-hybridized carbons (Fsp3) is 0.400. The van der Waals surface area contributed by atoms with Crippen LogP contribution in [0.1, 0.15) is 11.5 Å². The maximum atomic E-state index is 8.93. The Balaban J connectivity index is 2.27. The van der Waals surface area contributed by atoms with Gasteiger partial charge in [-0.2, -0.15) is 5.26 Å². The Morgan fingerprint density at radius 1 is 1.43 bits per heavy atom. The van der Waals surface area contributed by atoms with Gasteiger partial charge in [0.05, 0.1) is 12.0 Å². The monoisotopic (exact) mass is 205 g/mol. The lowest BCUT2D eigenvalue weighted by Crippen LogP contribution is -2.08. The summed E-state index contributed by atoms with van der Waals surface area (Å²) in [7, 11) is 0. The normalized spacial score (nSPS) is 25.9. The first-order valence-corrected chi connectivity index (χ1v) is 5.01. The molecular formula is C10H11N3S. The van der Waals surface area contributed by atoms with Crippen LogP contribution >= 0.6 is 12.2 Å². The van der Waals surface area contributed by atoms with E-state index >= 15 is 0 Å². The summed E-state index contributed by atoms with van der Waals surface area (Å²) in [6.45, 7) is 1.67. The number of hydrogen-bond donors (Lipinski definition) is 2. The Bertz CT molecular complexity index is 398. The molecule has 2 rings (SSSR count). The molecule has 0 aliphatic carbocycles. The lowest BCUT2D eigenvalue weighted by molar-refractivity contribution is 0.644. The Kier molecular flexibility index (Phi) is 2.62. The Morgan fingerprint density at radius 2 is 2.29 bits per heavy atom. The van der Waals surface area contributed by atoms with Crippen LogP contribution in [0.4, 0.5) is 0 Å². The molecule has 1 aliphatic heterocycles. The zero-order valence-corrected chi connectivity index (χ0v) is 8.47. The number of rotatable bonds is 1. The zero-order chi connectivity index (χ0) is 9.97. The molecule has 1 saturated heterocycles. The molecule has 0 bridgehead atoms. The molecule has 2 heterocycles. The van der Waals surface area contributed by atoms with Crippen LogP contribution in [0.3, 0.4) is 0 Å². The Morgan fingerprint density at radius 3 is 2.93 bits per heavy atom. The van der Waals surface area contributed by atoms with Gasteiger partial charge in [0, 0.05) is 25.2 Å². The minimum atomic E-state index is 0.0828. The van der Waals surface area contributed by atoms with Gasteiger partial charge in [-0.3, -0.25) is 0 Å². The van der Waals surface area contributed by atoms with Crippen molar-refractivity contribution in [2.24, 2.45) is 5.92 Å². The first-order valence-electron chi connectivity index (χ1n) is 4.60. The molecule has 0 saturated carbocycles. The van der Waals surface area contributed by atoms with Gasteiger partial charge in [-0.25, -0.2) is 0 Å². The summed E-state index contributed by atoms with van der Waals surface area (Å²) >= 11 is 4.97. The molecule has 0 aromatic carbocycles. The lowest BCUT2D eigenvalue weighted by Gasteiger charge is -2.11. The number of pyridine rings is 1. The van der Waals surface area contributed by atoms with E-state index in [0.717, 1.165) is 23.3 Å². The van der Waals surface area contributed by atoms with Crippen molar-refractivity contribution in [1.82, 2.24) is 10.3 Å². The average molecular weight is 205 g/mol. The highest BCUT2D eigenvalue weighted by atomic mass is 32.1. The van der Waals surface area contributed by atoms with Gasteiger partial charge in [-0.15, -0.1) is 0 Å². The zero-order valence-electron chi connectivity index (χ0n) is 7.66. The topological polar surface area (TPSA) is 51.6 Å². The molecule has 3 nitrogen and oxygen atoms in total. The molecule has 2 atom stereocenters. The molecule has 0 amide bonds. The summed E-state index contributed by atoms with van der Waals surface area (Å²) in [4.78, 5) is 3.00. The van der Waals surface area contributed by atoms with Crippen LogP contribution in [0.2, 0.25) is 0 Å². The Labute approximate surface area is 87.8 Å². The molecule has 0 radical (unpaired) electrons. The number of aromatic nitrogens is 1. The van der Waals surface area contributed by atoms with Crippen LogP contribution in [0.5, 0.6) is 0 Å². The lowest BCUT2D eigenvalue weighted by atomic mass is 9.91. The molecular weight excluding hydrogens is 194 g/mol. The molecule has 72 valence electrons. The maximum Gasteiger partial charge on any atom is 0.103 e. The molecule has 1 aromatic heterocycles. The molecule has 1 fully saturated rings. The predicted octanol–water partition coefficient (Wildman–Crippen LogP) is 1.57. The van der Waals surface area contributed by atoms with E-state index in [9.17, 15) is 0 Å². The number of nitrogens with one attached hydrogen (secondary N) is 2. The largest absolute Gasteiger partial charge is 0.353 e. The highest BCUT2D eigenvalue weighted by Gasteiger charge is 2.27. The minimum Gasteiger partial charge on any atom is -0.353 e. The van der Waals surface area contributed by atoms with Crippen molar-refractivity contribution >= 4 is 12.2 Å². The van der Waals surface area contributed by atoms with Crippen LogP contribution in [0, 0.1) is 21.9 Å². The van der Waals surface area contributed by atoms with Gasteiger partial charge in [0.15, 0.2) is 0 Å². The van der Waals surface area contributed by atoms with E-state index < -0.39 is 0 Å². The number of hydrogen-bond acceptors (Lipinski definition) is 3.